The van der Waals surface area contributed by atoms with Crippen LogP contribution in [-0.2, 0) is 14.4 Å². The monoisotopic (exact) mass is 602 g/mol. The molecule has 6 atom stereocenters. The maximum atomic E-state index is 12.9. The largest absolute Gasteiger partial charge is 0.326 e. The van der Waals surface area contributed by atoms with Gasteiger partial charge in [0.2, 0.25) is 17.7 Å². The number of unbranched alkanes of at least 4 members (excludes halogenated alkanes) is 2. The fourth-order valence-electron chi connectivity index (χ4n) is 5.34. The Balaban J connectivity index is 1.21. The predicted molar refractivity (Wildman–Crippen MR) is 127 cm³/mol. The number of carbonyl (C=O) groups is 3. The van der Waals surface area contributed by atoms with Gasteiger partial charge in [-0.3, -0.25) is 19.3 Å². The molecule has 2 saturated carbocycles. The zero-order valence-electron chi connectivity index (χ0n) is 16.7. The summed E-state index contributed by atoms with van der Waals surface area (Å²) in [5, 5.41) is 2.95. The minimum Gasteiger partial charge on any atom is -0.326 e. The lowest BCUT2D eigenvalue weighted by atomic mass is 9.81. The lowest BCUT2D eigenvalue weighted by Gasteiger charge is -2.28. The van der Waals surface area contributed by atoms with Gasteiger partial charge in [0.15, 0.2) is 0 Å². The van der Waals surface area contributed by atoms with Crippen LogP contribution in [0.25, 0.3) is 0 Å². The number of fused-ring (bicyclic) bond motifs is 5. The molecule has 5 nitrogen and oxygen atoms in total. The third-order valence-corrected chi connectivity index (χ3v) is 10.5. The molecule has 3 fully saturated rings. The third kappa shape index (κ3) is 4.04. The average molecular weight is 605 g/mol. The predicted octanol–water partition coefficient (Wildman–Crippen LogP) is 5.03. The SMILES string of the molecule is Cc1cc(Br)ccc1NC(=O)CCCCCN1C(=O)C2C3CC(C(Br)C3Br)C2C1=O. The van der Waals surface area contributed by atoms with E-state index in [9.17, 15) is 14.4 Å². The van der Waals surface area contributed by atoms with Crippen LogP contribution < -0.4 is 5.32 Å². The Morgan fingerprint density at radius 2 is 1.70 bits per heavy atom. The normalized spacial score (nSPS) is 32.1. The average Bonchev–Trinajstić information content (AvgIpc) is 3.30. The second kappa shape index (κ2) is 9.02. The highest BCUT2D eigenvalue weighted by atomic mass is 79.9. The van der Waals surface area contributed by atoms with Gasteiger partial charge in [-0.15, -0.1) is 0 Å². The molecule has 2 aliphatic carbocycles. The Labute approximate surface area is 202 Å². The van der Waals surface area contributed by atoms with Gasteiger partial charge in [0.1, 0.15) is 0 Å². The molecule has 6 unspecified atom stereocenters. The molecule has 162 valence electrons. The highest BCUT2D eigenvalue weighted by Crippen LogP contribution is 2.60. The van der Waals surface area contributed by atoms with Crippen molar-refractivity contribution in [2.24, 2.45) is 23.7 Å². The van der Waals surface area contributed by atoms with Crippen molar-refractivity contribution in [2.45, 2.75) is 48.7 Å². The van der Waals surface area contributed by atoms with Gasteiger partial charge in [0.05, 0.1) is 11.8 Å². The number of rotatable bonds is 7. The summed E-state index contributed by atoms with van der Waals surface area (Å²) in [6.07, 6.45) is 3.69. The number of anilines is 1. The van der Waals surface area contributed by atoms with E-state index in [-0.39, 0.29) is 51.0 Å². The Bertz CT molecular complexity index is 845. The van der Waals surface area contributed by atoms with Gasteiger partial charge >= 0.3 is 0 Å². The summed E-state index contributed by atoms with van der Waals surface area (Å²) in [6, 6.07) is 5.77. The van der Waals surface area contributed by atoms with Crippen LogP contribution in [-0.4, -0.2) is 38.8 Å². The molecule has 0 spiro atoms. The van der Waals surface area contributed by atoms with E-state index >= 15 is 0 Å². The highest BCUT2D eigenvalue weighted by Gasteiger charge is 2.66. The maximum absolute atomic E-state index is 12.9. The van der Waals surface area contributed by atoms with Gasteiger partial charge in [-0.2, -0.15) is 0 Å². The number of hydrogen-bond acceptors (Lipinski definition) is 3. The van der Waals surface area contributed by atoms with E-state index in [1.54, 1.807) is 0 Å². The van der Waals surface area contributed by atoms with E-state index in [2.05, 4.69) is 53.1 Å². The van der Waals surface area contributed by atoms with Crippen LogP contribution in [0.4, 0.5) is 5.69 Å². The molecule has 1 heterocycles. The standard InChI is InChI=1S/C22H25Br3N2O3/c1-11-9-12(23)6-7-15(11)26-16(28)5-3-2-4-8-27-21(29)17-13-10-14(18(17)22(27)30)20(25)19(13)24/h6-7,9,13-14,17-20H,2-5,8,10H2,1H3,(H,26,28). The van der Waals surface area contributed by atoms with E-state index in [1.807, 2.05) is 25.1 Å². The van der Waals surface area contributed by atoms with Crippen molar-refractivity contribution < 1.29 is 14.4 Å². The molecule has 30 heavy (non-hydrogen) atoms. The lowest BCUT2D eigenvalue weighted by Crippen LogP contribution is -2.37. The molecule has 0 radical (unpaired) electrons. The first-order valence-electron chi connectivity index (χ1n) is 10.5. The van der Waals surface area contributed by atoms with E-state index < -0.39 is 0 Å². The molecule has 1 aromatic rings. The Hall–Kier alpha value is -0.730. The first-order chi connectivity index (χ1) is 14.3. The third-order valence-electron chi connectivity index (χ3n) is 6.83. The van der Waals surface area contributed by atoms with Gasteiger partial charge in [0, 0.05) is 32.8 Å². The number of imide groups is 1. The van der Waals surface area contributed by atoms with E-state index in [4.69, 9.17) is 0 Å². The number of hydrogen-bond donors (Lipinski definition) is 1. The first kappa shape index (κ1) is 22.5. The minimum absolute atomic E-state index is 0.00780. The van der Waals surface area contributed by atoms with Crippen LogP contribution in [0.3, 0.4) is 0 Å². The number of amides is 3. The van der Waals surface area contributed by atoms with Crippen LogP contribution >= 0.6 is 47.8 Å². The van der Waals surface area contributed by atoms with Crippen molar-refractivity contribution in [3.8, 4) is 0 Å². The Morgan fingerprint density at radius 1 is 1.07 bits per heavy atom. The number of nitrogens with one attached hydrogen (secondary N) is 1. The fraction of sp³-hybridized carbons (Fsp3) is 0.591. The van der Waals surface area contributed by atoms with E-state index in [0.29, 0.717) is 13.0 Å². The van der Waals surface area contributed by atoms with Gasteiger partial charge in [-0.1, -0.05) is 54.2 Å². The van der Waals surface area contributed by atoms with Crippen molar-refractivity contribution in [3.63, 3.8) is 0 Å². The number of alkyl halides is 2. The number of likely N-dealkylation sites (tertiary alicyclic amines) is 1. The Kier molecular flexibility index (Phi) is 6.76. The molecule has 1 aromatic carbocycles. The van der Waals surface area contributed by atoms with Crippen molar-refractivity contribution in [3.05, 3.63) is 28.2 Å². The molecule has 0 aromatic heterocycles. The molecule has 8 heteroatoms. The molecule has 3 aliphatic rings. The molecule has 3 amide bonds. The summed E-state index contributed by atoms with van der Waals surface area (Å²) in [6.45, 7) is 2.43. The maximum Gasteiger partial charge on any atom is 0.233 e. The summed E-state index contributed by atoms with van der Waals surface area (Å²) in [5.41, 5.74) is 1.84. The summed E-state index contributed by atoms with van der Waals surface area (Å²) >= 11 is 10.8. The first-order valence-corrected chi connectivity index (χ1v) is 13.1. The molecule has 1 N–H and O–H groups in total. The highest BCUT2D eigenvalue weighted by molar-refractivity contribution is 9.12. The number of nitrogens with zero attached hydrogens (tertiary/aromatic N) is 1. The van der Waals surface area contributed by atoms with E-state index in [0.717, 1.165) is 41.4 Å². The zero-order valence-corrected chi connectivity index (χ0v) is 21.5. The van der Waals surface area contributed by atoms with Crippen molar-refractivity contribution in [1.29, 1.82) is 0 Å². The van der Waals surface area contributed by atoms with Crippen LogP contribution in [0.1, 0.15) is 37.7 Å². The second-order valence-corrected chi connectivity index (χ2v) is 11.7. The molecular weight excluding hydrogens is 580 g/mol. The molecule has 1 saturated heterocycles. The van der Waals surface area contributed by atoms with Crippen LogP contribution in [0.2, 0.25) is 0 Å². The summed E-state index contributed by atoms with van der Waals surface area (Å²) in [5.74, 6) is 0.274. The van der Waals surface area contributed by atoms with E-state index in [1.165, 1.54) is 4.90 Å². The van der Waals surface area contributed by atoms with Crippen molar-refractivity contribution in [2.75, 3.05) is 11.9 Å². The van der Waals surface area contributed by atoms with Gasteiger partial charge < -0.3 is 5.32 Å². The van der Waals surface area contributed by atoms with Gasteiger partial charge in [-0.25, -0.2) is 0 Å². The van der Waals surface area contributed by atoms with Crippen molar-refractivity contribution in [1.82, 2.24) is 4.90 Å². The minimum atomic E-state index is -0.138. The van der Waals surface area contributed by atoms with Crippen molar-refractivity contribution >= 4 is 71.2 Å². The molecule has 1 aliphatic heterocycles. The van der Waals surface area contributed by atoms with Crippen LogP contribution in [0, 0.1) is 30.6 Å². The molecule has 4 rings (SSSR count). The Morgan fingerprint density at radius 3 is 2.30 bits per heavy atom. The second-order valence-electron chi connectivity index (χ2n) is 8.65. The molecular formula is C22H25Br3N2O3. The topological polar surface area (TPSA) is 66.5 Å². The quantitative estimate of drug-likeness (QED) is 0.270. The zero-order chi connectivity index (χ0) is 21.6. The number of halogens is 3. The lowest BCUT2D eigenvalue weighted by molar-refractivity contribution is -0.140. The van der Waals surface area contributed by atoms with Gasteiger partial charge in [0.25, 0.3) is 0 Å². The van der Waals surface area contributed by atoms with Gasteiger partial charge in [-0.05, 0) is 61.8 Å². The summed E-state index contributed by atoms with van der Waals surface area (Å²) in [4.78, 5) is 40.0. The fourth-order valence-corrected chi connectivity index (χ4v) is 7.69. The molecule has 2 bridgehead atoms. The van der Waals surface area contributed by atoms with Crippen LogP contribution in [0.5, 0.6) is 0 Å². The number of carbonyl (C=O) groups excluding carboxylic acids is 3. The number of benzene rings is 1. The smallest absolute Gasteiger partial charge is 0.233 e. The summed E-state index contributed by atoms with van der Waals surface area (Å²) in [7, 11) is 0. The van der Waals surface area contributed by atoms with Crippen LogP contribution in [0.15, 0.2) is 22.7 Å². The number of aryl methyl sites for hydroxylation is 1. The summed E-state index contributed by atoms with van der Waals surface area (Å²) < 4.78 is 0.986.